The fourth-order valence-electron chi connectivity index (χ4n) is 6.48. The maximum Gasteiger partial charge on any atom is -0.0227 e. The van der Waals surface area contributed by atoms with E-state index >= 15 is 0 Å². The fourth-order valence-corrected chi connectivity index (χ4v) is 6.48. The molecule has 0 saturated heterocycles. The highest BCUT2D eigenvalue weighted by molar-refractivity contribution is 5.27. The van der Waals surface area contributed by atoms with Gasteiger partial charge in [0, 0.05) is 0 Å². The molecule has 0 heterocycles. The Balaban J connectivity index is 1.77. The predicted octanol–water partition coefficient (Wildman–Crippen LogP) is 2.69. The van der Waals surface area contributed by atoms with Crippen LogP contribution in [-0.4, -0.2) is 0 Å². The normalized spacial score (nSPS) is 80.0. The zero-order chi connectivity index (χ0) is 7.50. The molecule has 7 bridgehead atoms. The Labute approximate surface area is 73.7 Å². The van der Waals surface area contributed by atoms with E-state index in [1.807, 2.05) is 0 Å². The van der Waals surface area contributed by atoms with Crippen LogP contribution in [0.2, 0.25) is 0 Å². The minimum absolute atomic E-state index is 0.991. The second kappa shape index (κ2) is 1.31. The van der Waals surface area contributed by atoms with Crippen molar-refractivity contribution in [2.24, 2.45) is 40.9 Å². The average Bonchev–Trinajstić information content (AvgIpc) is 2.27. The third-order valence-electron chi connectivity index (χ3n) is 6.47. The van der Waals surface area contributed by atoms with Crippen molar-refractivity contribution in [3.8, 4) is 0 Å². The Morgan fingerprint density at radius 3 is 2.83 bits per heavy atom. The molecule has 64 valence electrons. The average molecular weight is 160 g/mol. The van der Waals surface area contributed by atoms with Gasteiger partial charge in [0.1, 0.15) is 0 Å². The molecule has 9 saturated carbocycles. The van der Waals surface area contributed by atoms with Crippen LogP contribution in [0.15, 0.2) is 0 Å². The van der Waals surface area contributed by atoms with Crippen molar-refractivity contribution in [3.05, 3.63) is 0 Å². The molecule has 0 N–H and O–H groups in total. The van der Waals surface area contributed by atoms with E-state index in [4.69, 9.17) is 0 Å². The highest BCUT2D eigenvalue weighted by Crippen LogP contribution is 2.86. The van der Waals surface area contributed by atoms with Gasteiger partial charge in [-0.3, -0.25) is 0 Å². The molecule has 0 nitrogen and oxygen atoms in total. The van der Waals surface area contributed by atoms with Gasteiger partial charge in [-0.05, 0) is 73.0 Å². The van der Waals surface area contributed by atoms with Crippen LogP contribution in [0.5, 0.6) is 0 Å². The lowest BCUT2D eigenvalue weighted by atomic mass is 9.25. The molecule has 9 fully saturated rings. The molecule has 0 heteroatoms. The van der Waals surface area contributed by atoms with Crippen LogP contribution in [-0.2, 0) is 0 Å². The first-order valence-corrected chi connectivity index (χ1v) is 5.88. The second-order valence-electron chi connectivity index (χ2n) is 6.44. The summed E-state index contributed by atoms with van der Waals surface area (Å²) in [4.78, 5) is 0. The smallest absolute Gasteiger partial charge is 0.0227 e. The van der Waals surface area contributed by atoms with E-state index in [1.165, 1.54) is 35.5 Å². The van der Waals surface area contributed by atoms with Gasteiger partial charge in [-0.25, -0.2) is 0 Å². The fraction of sp³-hybridized carbons (Fsp3) is 1.00. The molecule has 9 aliphatic carbocycles. The van der Waals surface area contributed by atoms with Crippen LogP contribution < -0.4 is 0 Å². The minimum atomic E-state index is 0.991. The summed E-state index contributed by atoms with van der Waals surface area (Å²) < 4.78 is 0. The molecular formula is C12H16. The molecule has 0 amide bonds. The summed E-state index contributed by atoms with van der Waals surface area (Å²) in [6.07, 6.45) is 8.29. The first-order valence-electron chi connectivity index (χ1n) is 5.88. The third-order valence-corrected chi connectivity index (χ3v) is 6.47. The van der Waals surface area contributed by atoms with Crippen molar-refractivity contribution in [2.45, 2.75) is 32.1 Å². The van der Waals surface area contributed by atoms with Crippen LogP contribution in [0, 0.1) is 40.9 Å². The van der Waals surface area contributed by atoms with Gasteiger partial charge in [0.2, 0.25) is 0 Å². The summed E-state index contributed by atoms with van der Waals surface area (Å²) in [5.74, 6) is 7.47. The number of hydrogen-bond acceptors (Lipinski definition) is 0. The van der Waals surface area contributed by atoms with Crippen LogP contribution in [0.1, 0.15) is 32.1 Å². The van der Waals surface area contributed by atoms with E-state index in [0.29, 0.717) is 0 Å². The summed E-state index contributed by atoms with van der Waals surface area (Å²) in [5.41, 5.74) is 0.991. The molecule has 9 rings (SSSR count). The lowest BCUT2D eigenvalue weighted by Gasteiger charge is -2.79. The first-order chi connectivity index (χ1) is 5.88. The van der Waals surface area contributed by atoms with E-state index in [1.54, 1.807) is 32.1 Å². The Morgan fingerprint density at radius 1 is 0.917 bits per heavy atom. The van der Waals surface area contributed by atoms with Crippen LogP contribution in [0.3, 0.4) is 0 Å². The zero-order valence-electron chi connectivity index (χ0n) is 7.50. The van der Waals surface area contributed by atoms with Gasteiger partial charge in [-0.15, -0.1) is 0 Å². The maximum atomic E-state index is 1.67. The van der Waals surface area contributed by atoms with Crippen LogP contribution in [0.25, 0.3) is 0 Å². The van der Waals surface area contributed by atoms with Crippen molar-refractivity contribution < 1.29 is 0 Å². The topological polar surface area (TPSA) is 0 Å². The van der Waals surface area contributed by atoms with Crippen molar-refractivity contribution in [1.82, 2.24) is 0 Å². The molecule has 0 aliphatic heterocycles. The monoisotopic (exact) mass is 160 g/mol. The van der Waals surface area contributed by atoms with E-state index < -0.39 is 0 Å². The molecule has 12 heavy (non-hydrogen) atoms. The van der Waals surface area contributed by atoms with Crippen LogP contribution >= 0.6 is 0 Å². The van der Waals surface area contributed by atoms with Crippen LogP contribution in [0.4, 0.5) is 0 Å². The SMILES string of the molecule is C1C2CC3CC4(C2)C2CC1C2C34. The molecule has 0 aromatic rings. The Kier molecular flexibility index (Phi) is 0.618. The molecule has 0 aromatic heterocycles. The molecule has 7 unspecified atom stereocenters. The second-order valence-corrected chi connectivity index (χ2v) is 6.44. The van der Waals surface area contributed by atoms with Crippen molar-refractivity contribution >= 4 is 0 Å². The molecule has 7 atom stereocenters. The highest BCUT2D eigenvalue weighted by atomic mass is 14.8. The van der Waals surface area contributed by atoms with Gasteiger partial charge in [-0.1, -0.05) is 0 Å². The van der Waals surface area contributed by atoms with Crippen molar-refractivity contribution in [2.75, 3.05) is 0 Å². The van der Waals surface area contributed by atoms with Crippen molar-refractivity contribution in [1.29, 1.82) is 0 Å². The molecule has 0 radical (unpaired) electrons. The molecule has 1 spiro atoms. The molecule has 9 aliphatic rings. The zero-order valence-corrected chi connectivity index (χ0v) is 7.50. The number of rotatable bonds is 0. The summed E-state index contributed by atoms with van der Waals surface area (Å²) in [6, 6.07) is 0. The summed E-state index contributed by atoms with van der Waals surface area (Å²) in [7, 11) is 0. The Morgan fingerprint density at radius 2 is 1.83 bits per heavy atom. The lowest BCUT2D eigenvalue weighted by molar-refractivity contribution is -0.316. The highest BCUT2D eigenvalue weighted by Gasteiger charge is 2.79. The third kappa shape index (κ3) is 0.324. The largest absolute Gasteiger partial charge is 0.0473 e. The predicted molar refractivity (Wildman–Crippen MR) is 46.5 cm³/mol. The quantitative estimate of drug-likeness (QED) is 0.511. The van der Waals surface area contributed by atoms with Crippen molar-refractivity contribution in [3.63, 3.8) is 0 Å². The summed E-state index contributed by atoms with van der Waals surface area (Å²) in [5, 5.41) is 0. The number of hydrogen-bond donors (Lipinski definition) is 0. The van der Waals surface area contributed by atoms with E-state index in [2.05, 4.69) is 0 Å². The Hall–Kier alpha value is 0. The summed E-state index contributed by atoms with van der Waals surface area (Å²) in [6.45, 7) is 0. The molecular weight excluding hydrogens is 144 g/mol. The van der Waals surface area contributed by atoms with Gasteiger partial charge in [0.05, 0.1) is 0 Å². The van der Waals surface area contributed by atoms with Gasteiger partial charge >= 0.3 is 0 Å². The Bertz CT molecular complexity index is 280. The minimum Gasteiger partial charge on any atom is -0.0473 e. The van der Waals surface area contributed by atoms with E-state index in [-0.39, 0.29) is 0 Å². The maximum absolute atomic E-state index is 1.67. The molecule has 0 aromatic carbocycles. The lowest BCUT2D eigenvalue weighted by Crippen LogP contribution is -2.74. The van der Waals surface area contributed by atoms with E-state index in [0.717, 1.165) is 5.41 Å². The van der Waals surface area contributed by atoms with Gasteiger partial charge in [0.15, 0.2) is 0 Å². The standard InChI is InChI=1S/C12H16/c1-6-2-8-5-12(4-6)9-3-7(1)10(9)11(8)12/h6-11H,1-5H2. The van der Waals surface area contributed by atoms with Gasteiger partial charge in [0.25, 0.3) is 0 Å². The first kappa shape index (κ1) is 5.67. The van der Waals surface area contributed by atoms with Gasteiger partial charge < -0.3 is 0 Å². The van der Waals surface area contributed by atoms with Gasteiger partial charge in [-0.2, -0.15) is 0 Å². The van der Waals surface area contributed by atoms with E-state index in [9.17, 15) is 0 Å². The summed E-state index contributed by atoms with van der Waals surface area (Å²) >= 11 is 0.